The van der Waals surface area contributed by atoms with Gasteiger partial charge in [-0.2, -0.15) is 18.3 Å². The number of alkyl halides is 4. The van der Waals surface area contributed by atoms with E-state index in [0.29, 0.717) is 11.6 Å². The molecule has 0 saturated heterocycles. The Balaban J connectivity index is 2.06. The standard InChI is InChI=1S/C18H13ClF3N3O/c19-16(11-5-2-1-3-6-11)12-7-4-8-13(9-12)25-14(17(23)26)10-15(24-25)18(20,21)22/h1-10,16H,(H2,23,26). The Morgan fingerprint density at radius 3 is 2.31 bits per heavy atom. The van der Waals surface area contributed by atoms with Gasteiger partial charge in [-0.3, -0.25) is 4.79 Å². The minimum absolute atomic E-state index is 0.258. The van der Waals surface area contributed by atoms with Crippen LogP contribution in [0.1, 0.15) is 32.7 Å². The zero-order chi connectivity index (χ0) is 18.9. The summed E-state index contributed by atoms with van der Waals surface area (Å²) in [5.41, 5.74) is 5.39. The van der Waals surface area contributed by atoms with E-state index < -0.39 is 23.2 Å². The van der Waals surface area contributed by atoms with E-state index >= 15 is 0 Å². The summed E-state index contributed by atoms with van der Waals surface area (Å²) in [6, 6.07) is 16.3. The Morgan fingerprint density at radius 2 is 1.69 bits per heavy atom. The molecule has 4 nitrogen and oxygen atoms in total. The van der Waals surface area contributed by atoms with Crippen LogP contribution in [0.2, 0.25) is 0 Å². The number of rotatable bonds is 4. The first-order chi connectivity index (χ1) is 12.3. The minimum atomic E-state index is -4.69. The molecule has 1 amide bonds. The molecule has 1 unspecified atom stereocenters. The zero-order valence-electron chi connectivity index (χ0n) is 13.2. The molecule has 0 radical (unpaired) electrons. The van der Waals surface area contributed by atoms with E-state index in [4.69, 9.17) is 17.3 Å². The summed E-state index contributed by atoms with van der Waals surface area (Å²) in [4.78, 5) is 11.5. The molecule has 2 aromatic carbocycles. The second-order valence-electron chi connectivity index (χ2n) is 5.56. The highest BCUT2D eigenvalue weighted by atomic mass is 35.5. The van der Waals surface area contributed by atoms with E-state index in [1.807, 2.05) is 30.3 Å². The first-order valence-electron chi connectivity index (χ1n) is 7.54. The van der Waals surface area contributed by atoms with Gasteiger partial charge in [-0.05, 0) is 23.3 Å². The van der Waals surface area contributed by atoms with Crippen LogP contribution in [0, 0.1) is 0 Å². The number of carbonyl (C=O) groups is 1. The van der Waals surface area contributed by atoms with Crippen LogP contribution in [-0.4, -0.2) is 15.7 Å². The number of benzene rings is 2. The van der Waals surface area contributed by atoms with Gasteiger partial charge in [-0.25, -0.2) is 4.68 Å². The summed E-state index contributed by atoms with van der Waals surface area (Å²) in [5, 5.41) is 2.99. The maximum Gasteiger partial charge on any atom is 0.435 e. The molecule has 26 heavy (non-hydrogen) atoms. The second kappa shape index (κ2) is 6.84. The van der Waals surface area contributed by atoms with E-state index in [1.165, 1.54) is 6.07 Å². The molecule has 2 N–H and O–H groups in total. The molecule has 3 rings (SSSR count). The monoisotopic (exact) mass is 379 g/mol. The van der Waals surface area contributed by atoms with Gasteiger partial charge in [0.1, 0.15) is 5.69 Å². The third kappa shape index (κ3) is 3.57. The smallest absolute Gasteiger partial charge is 0.364 e. The predicted octanol–water partition coefficient (Wildman–Crippen LogP) is 4.32. The van der Waals surface area contributed by atoms with Crippen LogP contribution in [-0.2, 0) is 6.18 Å². The van der Waals surface area contributed by atoms with Crippen molar-refractivity contribution in [2.24, 2.45) is 5.73 Å². The van der Waals surface area contributed by atoms with Crippen molar-refractivity contribution < 1.29 is 18.0 Å². The van der Waals surface area contributed by atoms with Gasteiger partial charge in [-0.15, -0.1) is 11.6 Å². The molecular formula is C18H13ClF3N3O. The number of nitrogens with two attached hydrogens (primary N) is 1. The number of aromatic nitrogens is 2. The lowest BCUT2D eigenvalue weighted by Gasteiger charge is -2.12. The number of halogens is 4. The van der Waals surface area contributed by atoms with Crippen molar-refractivity contribution in [3.63, 3.8) is 0 Å². The molecule has 1 aromatic heterocycles. The summed E-state index contributed by atoms with van der Waals surface area (Å²) in [7, 11) is 0. The van der Waals surface area contributed by atoms with Gasteiger partial charge in [0.2, 0.25) is 0 Å². The molecule has 8 heteroatoms. The molecule has 1 heterocycles. The maximum atomic E-state index is 12.9. The Kier molecular flexibility index (Phi) is 4.73. The zero-order valence-corrected chi connectivity index (χ0v) is 14.0. The summed E-state index contributed by atoms with van der Waals surface area (Å²) >= 11 is 6.47. The highest BCUT2D eigenvalue weighted by Crippen LogP contribution is 2.32. The molecule has 134 valence electrons. The van der Waals surface area contributed by atoms with Crippen molar-refractivity contribution >= 4 is 17.5 Å². The molecule has 0 spiro atoms. The predicted molar refractivity (Wildman–Crippen MR) is 91.2 cm³/mol. The van der Waals surface area contributed by atoms with Crippen LogP contribution in [0.15, 0.2) is 60.7 Å². The Labute approximate surface area is 152 Å². The number of primary amides is 1. The molecule has 0 aliphatic rings. The van der Waals surface area contributed by atoms with Gasteiger partial charge >= 0.3 is 6.18 Å². The van der Waals surface area contributed by atoms with Crippen molar-refractivity contribution in [2.45, 2.75) is 11.6 Å². The summed E-state index contributed by atoms with van der Waals surface area (Å²) in [6.07, 6.45) is -4.69. The number of hydrogen-bond donors (Lipinski definition) is 1. The van der Waals surface area contributed by atoms with Gasteiger partial charge in [0.05, 0.1) is 11.1 Å². The molecule has 0 saturated carbocycles. The molecular weight excluding hydrogens is 367 g/mol. The Hall–Kier alpha value is -2.80. The topological polar surface area (TPSA) is 60.9 Å². The summed E-state index contributed by atoms with van der Waals surface area (Å²) in [5.74, 6) is -1.01. The van der Waals surface area contributed by atoms with Gasteiger partial charge in [-0.1, -0.05) is 42.5 Å². The van der Waals surface area contributed by atoms with Crippen LogP contribution >= 0.6 is 11.6 Å². The largest absolute Gasteiger partial charge is 0.435 e. The van der Waals surface area contributed by atoms with Crippen LogP contribution in [0.5, 0.6) is 0 Å². The minimum Gasteiger partial charge on any atom is -0.364 e. The lowest BCUT2D eigenvalue weighted by atomic mass is 10.0. The van der Waals surface area contributed by atoms with Crippen LogP contribution in [0.3, 0.4) is 0 Å². The number of amides is 1. The quantitative estimate of drug-likeness (QED) is 0.686. The third-order valence-electron chi connectivity index (χ3n) is 3.75. The van der Waals surface area contributed by atoms with Gasteiger partial charge in [0.25, 0.3) is 5.91 Å². The van der Waals surface area contributed by atoms with Crippen LogP contribution in [0.25, 0.3) is 5.69 Å². The summed E-state index contributed by atoms with van der Waals surface area (Å²) < 4.78 is 39.7. The third-order valence-corrected chi connectivity index (χ3v) is 4.26. The lowest BCUT2D eigenvalue weighted by molar-refractivity contribution is -0.141. The SMILES string of the molecule is NC(=O)c1cc(C(F)(F)F)nn1-c1cccc(C(Cl)c2ccccc2)c1. The van der Waals surface area contributed by atoms with E-state index in [9.17, 15) is 18.0 Å². The van der Waals surface area contributed by atoms with E-state index in [2.05, 4.69) is 5.10 Å². The summed E-state index contributed by atoms with van der Waals surface area (Å²) in [6.45, 7) is 0. The fourth-order valence-corrected chi connectivity index (χ4v) is 2.80. The molecule has 0 aliphatic carbocycles. The Bertz CT molecular complexity index is 938. The average molecular weight is 380 g/mol. The molecule has 0 aliphatic heterocycles. The van der Waals surface area contributed by atoms with Crippen molar-refractivity contribution in [3.8, 4) is 5.69 Å². The van der Waals surface area contributed by atoms with Crippen molar-refractivity contribution in [1.82, 2.24) is 9.78 Å². The maximum absolute atomic E-state index is 12.9. The molecule has 1 atom stereocenters. The van der Waals surface area contributed by atoms with Gasteiger partial charge in [0, 0.05) is 6.07 Å². The Morgan fingerprint density at radius 1 is 1.04 bits per heavy atom. The van der Waals surface area contributed by atoms with Crippen molar-refractivity contribution in [2.75, 3.05) is 0 Å². The fourth-order valence-electron chi connectivity index (χ4n) is 2.52. The molecule has 0 bridgehead atoms. The van der Waals surface area contributed by atoms with E-state index in [-0.39, 0.29) is 11.4 Å². The first-order valence-corrected chi connectivity index (χ1v) is 7.97. The highest BCUT2D eigenvalue weighted by molar-refractivity contribution is 6.22. The average Bonchev–Trinajstić information content (AvgIpc) is 3.08. The van der Waals surface area contributed by atoms with Crippen LogP contribution < -0.4 is 5.73 Å². The van der Waals surface area contributed by atoms with Gasteiger partial charge < -0.3 is 5.73 Å². The number of hydrogen-bond acceptors (Lipinski definition) is 2. The number of nitrogens with zero attached hydrogens (tertiary/aromatic N) is 2. The molecule has 0 fully saturated rings. The van der Waals surface area contributed by atoms with Gasteiger partial charge in [0.15, 0.2) is 5.69 Å². The second-order valence-corrected chi connectivity index (χ2v) is 5.99. The highest BCUT2D eigenvalue weighted by Gasteiger charge is 2.35. The fraction of sp³-hybridized carbons (Fsp3) is 0.111. The van der Waals surface area contributed by atoms with Crippen molar-refractivity contribution in [1.29, 1.82) is 0 Å². The molecule has 3 aromatic rings. The van der Waals surface area contributed by atoms with E-state index in [0.717, 1.165) is 10.2 Å². The lowest BCUT2D eigenvalue weighted by Crippen LogP contribution is -2.16. The van der Waals surface area contributed by atoms with Crippen LogP contribution in [0.4, 0.5) is 13.2 Å². The van der Waals surface area contributed by atoms with E-state index in [1.54, 1.807) is 18.2 Å². The number of carbonyl (C=O) groups excluding carboxylic acids is 1. The first kappa shape index (κ1) is 18.0. The van der Waals surface area contributed by atoms with Crippen molar-refractivity contribution in [3.05, 3.63) is 83.2 Å². The normalized spacial score (nSPS) is 12.8.